The molecule has 0 saturated carbocycles. The van der Waals surface area contributed by atoms with Gasteiger partial charge in [0.15, 0.2) is 59.3 Å². The van der Waals surface area contributed by atoms with E-state index in [2.05, 4.69) is 40.5 Å². The summed E-state index contributed by atoms with van der Waals surface area (Å²) in [6, 6.07) is 15.7. The summed E-state index contributed by atoms with van der Waals surface area (Å²) in [6.07, 6.45) is -11.8. The van der Waals surface area contributed by atoms with Gasteiger partial charge in [-0.25, -0.2) is 48.3 Å². The topological polar surface area (TPSA) is 387 Å². The number of fused-ring (bicyclic) bond motifs is 4. The highest BCUT2D eigenvalue weighted by Crippen LogP contribution is 2.55. The number of likely N-dealkylation sites (N-methyl/N-ethyl adjacent to an activating group) is 1. The number of hydrogen-bond acceptors (Lipinski definition) is 24. The molecule has 7 heterocycles. The zero-order chi connectivity index (χ0) is 61.5. The van der Waals surface area contributed by atoms with Crippen LogP contribution >= 0.6 is 13.4 Å². The first kappa shape index (κ1) is 63.5. The second-order valence-electron chi connectivity index (χ2n) is 19.9. The molecule has 4 aromatic heterocycles. The highest BCUT2D eigenvalue weighted by molar-refractivity contribution is 8.07. The molecule has 3 fully saturated rings. The molecule has 3 unspecified atom stereocenters. The molecular weight excluding hydrogens is 1220 g/mol. The zero-order valence-corrected chi connectivity index (χ0v) is 48.8. The van der Waals surface area contributed by atoms with Gasteiger partial charge in [0.05, 0.1) is 31.7 Å². The molecule has 6 aromatic rings. The minimum absolute atomic E-state index is 0.00194. The highest BCUT2D eigenvalue weighted by Gasteiger charge is 2.55. The number of nitrogens with zero attached hydrogens (tertiary/aromatic N) is 9. The predicted molar refractivity (Wildman–Crippen MR) is 300 cm³/mol. The molecule has 30 nitrogen and oxygen atoms in total. The number of ether oxygens (including phenoxy) is 4. The molecule has 460 valence electrons. The summed E-state index contributed by atoms with van der Waals surface area (Å²) in [7, 11) is 1.41. The van der Waals surface area contributed by atoms with Gasteiger partial charge in [-0.3, -0.25) is 42.7 Å². The first-order chi connectivity index (χ1) is 41.0. The first-order valence-corrected chi connectivity index (χ1v) is 31.4. The average molecular weight is 1280 g/mol. The Balaban J connectivity index is 0.739. The van der Waals surface area contributed by atoms with Crippen LogP contribution in [0.4, 0.5) is 35.7 Å². The van der Waals surface area contributed by atoms with E-state index in [1.165, 1.54) is 24.9 Å². The lowest BCUT2D eigenvalue weighted by atomic mass is 9.91. The molecule has 0 aliphatic carbocycles. The molecule has 0 radical (unpaired) electrons. The van der Waals surface area contributed by atoms with Crippen molar-refractivity contribution in [3.05, 3.63) is 91.0 Å². The van der Waals surface area contributed by atoms with Crippen molar-refractivity contribution in [3.8, 4) is 0 Å². The second kappa shape index (κ2) is 27.8. The number of anilines is 3. The van der Waals surface area contributed by atoms with E-state index in [0.29, 0.717) is 11.3 Å². The standard InChI is InChI=1S/C50H56F2N12O18P2S2/c1-26(47(68)69)17-31(65)9-6-10-32(66)19-29(18-27-7-4-3-5-8-27)44(67)60-30-13-11-28(12-14-30)20-75-50(71)62(2)15-16-74-49(70)61-41-37-43(57-23-55-41)64(25-59-37)46-35(52)39-48(78-46)79-82-84(73,86)80-38-33(21-76-83(72,85)81-39)77-45(34(38)51)63-24-58-36-40(53)54-22-56-42(36)63/h3-5,7-8,11-14,22-26,29,33-35,38-39,45-46,48H,6,9-10,15-21H2,1-2H3,(H,60,67)(H,68,69)(H,72,85)(H,73,86)(H2,53,54,56)(H,55,57,61,70)/t26?,29-,33+,34+,35+,38+,39-,45+,46+,48+,83?,84?/m0/s1. The number of ketones is 2. The van der Waals surface area contributed by atoms with Crippen molar-refractivity contribution in [3.63, 3.8) is 0 Å². The maximum Gasteiger partial charge on any atom is 0.412 e. The molecule has 9 rings (SSSR count). The Hall–Kier alpha value is -7.04. The lowest BCUT2D eigenvalue weighted by Gasteiger charge is -2.29. The maximum absolute atomic E-state index is 16.6. The summed E-state index contributed by atoms with van der Waals surface area (Å²) in [6.45, 7) is -9.02. The van der Waals surface area contributed by atoms with Crippen molar-refractivity contribution in [2.45, 2.75) is 101 Å². The van der Waals surface area contributed by atoms with Crippen molar-refractivity contribution in [1.82, 2.24) is 43.9 Å². The van der Waals surface area contributed by atoms with Crippen molar-refractivity contribution < 1.29 is 94.5 Å². The lowest BCUT2D eigenvalue weighted by molar-refractivity contribution is -0.336. The number of aliphatic carboxylic acids is 1. The number of rotatable bonds is 21. The molecule has 86 heavy (non-hydrogen) atoms. The normalized spacial score (nSPS) is 25.6. The summed E-state index contributed by atoms with van der Waals surface area (Å²) >= 11 is 10.3. The number of carboxylic acids is 1. The van der Waals surface area contributed by atoms with Crippen molar-refractivity contribution in [2.75, 3.05) is 43.2 Å². The summed E-state index contributed by atoms with van der Waals surface area (Å²) < 4.78 is 79.1. The van der Waals surface area contributed by atoms with Crippen LogP contribution in [0.1, 0.15) is 62.6 Å². The van der Waals surface area contributed by atoms with Gasteiger partial charge in [-0.05, 0) is 59.7 Å². The molecular formula is C50H56F2N12O18P2S2. The summed E-state index contributed by atoms with van der Waals surface area (Å²) in [5, 5.41) is 14.3. The number of aromatic nitrogens is 8. The zero-order valence-electron chi connectivity index (χ0n) is 45.4. The number of alkyl halides is 2. The summed E-state index contributed by atoms with van der Waals surface area (Å²) in [4.78, 5) is 129. The average Bonchev–Trinajstić information content (AvgIpc) is 2.34. The monoisotopic (exact) mass is 1280 g/mol. The molecule has 7 N–H and O–H groups in total. The van der Waals surface area contributed by atoms with Crippen LogP contribution in [0.3, 0.4) is 0 Å². The number of benzene rings is 2. The van der Waals surface area contributed by atoms with Crippen LogP contribution in [0.2, 0.25) is 0 Å². The number of hydrogen-bond donors (Lipinski definition) is 6. The number of imidazole rings is 2. The minimum atomic E-state index is -4.62. The molecule has 0 bridgehead atoms. The molecule has 2 aromatic carbocycles. The van der Waals surface area contributed by atoms with E-state index in [0.717, 1.165) is 34.0 Å². The number of nitrogens with two attached hydrogens (primary N) is 1. The van der Waals surface area contributed by atoms with Gasteiger partial charge in [0.2, 0.25) is 12.2 Å². The Morgan fingerprint density at radius 3 is 2.15 bits per heavy atom. The van der Waals surface area contributed by atoms with Gasteiger partial charge in [0.25, 0.3) is 0 Å². The van der Waals surface area contributed by atoms with E-state index in [9.17, 15) is 38.6 Å². The fourth-order valence-corrected chi connectivity index (χ4v) is 11.8. The quantitative estimate of drug-likeness (QED) is 0.0394. The van der Waals surface area contributed by atoms with E-state index >= 15 is 8.78 Å². The van der Waals surface area contributed by atoms with Gasteiger partial charge >= 0.3 is 31.6 Å². The van der Waals surface area contributed by atoms with Crippen molar-refractivity contribution in [1.29, 1.82) is 0 Å². The van der Waals surface area contributed by atoms with Gasteiger partial charge in [0.1, 0.15) is 55.2 Å². The molecule has 12 atom stereocenters. The second-order valence-corrected chi connectivity index (χ2v) is 25.4. The molecule has 0 spiro atoms. The Bertz CT molecular complexity index is 3560. The van der Waals surface area contributed by atoms with Crippen LogP contribution in [0.25, 0.3) is 22.3 Å². The predicted octanol–water partition coefficient (Wildman–Crippen LogP) is 5.28. The van der Waals surface area contributed by atoms with Crippen LogP contribution in [-0.4, -0.2) is 158 Å². The van der Waals surface area contributed by atoms with Crippen LogP contribution in [-0.2, 0) is 97.9 Å². The Kier molecular flexibility index (Phi) is 20.5. The van der Waals surface area contributed by atoms with Crippen LogP contribution in [0, 0.1) is 11.8 Å². The van der Waals surface area contributed by atoms with Crippen LogP contribution < -0.4 is 16.4 Å². The largest absolute Gasteiger partial charge is 0.481 e. The molecule has 36 heteroatoms. The third-order valence-electron chi connectivity index (χ3n) is 13.6. The van der Waals surface area contributed by atoms with Gasteiger partial charge < -0.3 is 54.3 Å². The van der Waals surface area contributed by atoms with E-state index in [1.54, 1.807) is 24.3 Å². The molecule has 3 aliphatic rings. The SMILES string of the molecule is CC(CC(=O)CCCC(=O)C[C@H](Cc1ccccc1)C(=O)Nc1ccc(COC(=O)N(C)CCOC(=O)Nc2ncnc3c2ncn3[C@@H]2O[C@@H]3OOP(O)(=S)O[C@H]4[C@@H](F)[C@H](n5cnc6c(N)ncnc65)O[C@@H]4COP(O)(=S)O[C@H]3[C@H]2F)cc1)C(=O)O. The third-order valence-corrected chi connectivity index (χ3v) is 16.4. The van der Waals surface area contributed by atoms with Crippen LogP contribution in [0.5, 0.6) is 0 Å². The first-order valence-electron chi connectivity index (χ1n) is 26.3. The molecule has 3 saturated heterocycles. The van der Waals surface area contributed by atoms with E-state index in [1.807, 2.05) is 30.3 Å². The number of carbonyl (C=O) groups is 6. The van der Waals surface area contributed by atoms with Crippen molar-refractivity contribution in [2.24, 2.45) is 11.8 Å². The van der Waals surface area contributed by atoms with Gasteiger partial charge in [-0.2, -0.15) is 4.89 Å². The van der Waals surface area contributed by atoms with Gasteiger partial charge in [-0.15, -0.1) is 4.67 Å². The Labute approximate surface area is 496 Å². The smallest absolute Gasteiger partial charge is 0.412 e. The summed E-state index contributed by atoms with van der Waals surface area (Å²) in [5.74, 6) is -3.68. The fourth-order valence-electron chi connectivity index (χ4n) is 9.22. The van der Waals surface area contributed by atoms with Crippen molar-refractivity contribution >= 4 is 112 Å². The van der Waals surface area contributed by atoms with E-state index < -0.39 is 105 Å². The molecule has 3 amide bonds. The highest BCUT2D eigenvalue weighted by atomic mass is 32.5. The molecule has 3 aliphatic heterocycles. The van der Waals surface area contributed by atoms with Crippen LogP contribution in [0.15, 0.2) is 79.9 Å². The summed E-state index contributed by atoms with van der Waals surface area (Å²) in [5.41, 5.74) is 7.73. The Morgan fingerprint density at radius 1 is 0.802 bits per heavy atom. The number of carbonyl (C=O) groups excluding carboxylic acids is 5. The number of halogens is 2. The lowest BCUT2D eigenvalue weighted by Crippen LogP contribution is -2.36. The fraction of sp³-hybridized carbons (Fsp3) is 0.440. The minimum Gasteiger partial charge on any atom is -0.481 e. The van der Waals surface area contributed by atoms with E-state index in [4.69, 9.17) is 76.5 Å². The van der Waals surface area contributed by atoms with E-state index in [-0.39, 0.29) is 104 Å². The number of nitrogens with one attached hydrogen (secondary N) is 2. The number of carboxylic acid groups (broad SMARTS) is 1. The van der Waals surface area contributed by atoms with Gasteiger partial charge in [-0.1, -0.05) is 49.4 Å². The third kappa shape index (κ3) is 15.7. The Morgan fingerprint density at radius 2 is 1.44 bits per heavy atom. The number of nitrogen functional groups attached to an aromatic ring is 1. The number of Topliss-reactive ketones (excluding diaryl/α,β-unsaturated/α-hetero) is 2. The maximum atomic E-state index is 16.6. The number of amides is 3. The van der Waals surface area contributed by atoms with Gasteiger partial charge in [0, 0.05) is 44.3 Å².